The van der Waals surface area contributed by atoms with Gasteiger partial charge in [0.15, 0.2) is 0 Å². The average molecular weight is 225 g/mol. The highest BCUT2D eigenvalue weighted by molar-refractivity contribution is 5.77. The van der Waals surface area contributed by atoms with E-state index in [1.807, 2.05) is 4.90 Å². The zero-order chi connectivity index (χ0) is 11.4. The van der Waals surface area contributed by atoms with E-state index in [1.165, 1.54) is 44.9 Å². The van der Waals surface area contributed by atoms with Gasteiger partial charge in [-0.3, -0.25) is 4.79 Å². The topological polar surface area (TPSA) is 29.5 Å². The standard InChI is InChI=1S/C13H23NO2/c1-16-11-12(15)14-9-7-13(8-10-14)5-3-2-4-6-13/h2-11H2,1H3. The largest absolute Gasteiger partial charge is 0.375 e. The Balaban J connectivity index is 1.83. The molecule has 0 atom stereocenters. The van der Waals surface area contributed by atoms with Crippen molar-refractivity contribution >= 4 is 5.91 Å². The van der Waals surface area contributed by atoms with Gasteiger partial charge in [-0.05, 0) is 31.1 Å². The van der Waals surface area contributed by atoms with Crippen molar-refractivity contribution in [2.75, 3.05) is 26.8 Å². The monoisotopic (exact) mass is 225 g/mol. The molecule has 0 unspecified atom stereocenters. The molecule has 2 aliphatic rings. The average Bonchev–Trinajstić information content (AvgIpc) is 2.31. The van der Waals surface area contributed by atoms with Crippen molar-refractivity contribution in [3.05, 3.63) is 0 Å². The van der Waals surface area contributed by atoms with E-state index in [-0.39, 0.29) is 12.5 Å². The second kappa shape index (κ2) is 5.17. The molecule has 2 rings (SSSR count). The van der Waals surface area contributed by atoms with Gasteiger partial charge in [-0.1, -0.05) is 19.3 Å². The van der Waals surface area contributed by atoms with Crippen LogP contribution in [0.2, 0.25) is 0 Å². The number of methoxy groups -OCH3 is 1. The number of amides is 1. The van der Waals surface area contributed by atoms with Crippen LogP contribution in [0.1, 0.15) is 44.9 Å². The Morgan fingerprint density at radius 3 is 2.31 bits per heavy atom. The fourth-order valence-corrected chi connectivity index (χ4v) is 3.25. The van der Waals surface area contributed by atoms with Crippen LogP contribution in [-0.2, 0) is 9.53 Å². The van der Waals surface area contributed by atoms with Crippen LogP contribution in [0, 0.1) is 5.41 Å². The van der Waals surface area contributed by atoms with Crippen molar-refractivity contribution in [2.24, 2.45) is 5.41 Å². The minimum Gasteiger partial charge on any atom is -0.375 e. The van der Waals surface area contributed by atoms with Crippen LogP contribution in [-0.4, -0.2) is 37.6 Å². The van der Waals surface area contributed by atoms with Gasteiger partial charge in [0.05, 0.1) is 0 Å². The van der Waals surface area contributed by atoms with Crippen LogP contribution < -0.4 is 0 Å². The van der Waals surface area contributed by atoms with Crippen molar-refractivity contribution in [3.8, 4) is 0 Å². The number of carbonyl (C=O) groups is 1. The molecule has 0 N–H and O–H groups in total. The maximum atomic E-state index is 11.7. The quantitative estimate of drug-likeness (QED) is 0.721. The Kier molecular flexibility index (Phi) is 3.85. The highest BCUT2D eigenvalue weighted by Gasteiger charge is 2.36. The predicted molar refractivity (Wildman–Crippen MR) is 63.2 cm³/mol. The molecule has 1 saturated carbocycles. The molecule has 0 bridgehead atoms. The van der Waals surface area contributed by atoms with E-state index >= 15 is 0 Å². The molecule has 0 radical (unpaired) electrons. The lowest BCUT2D eigenvalue weighted by atomic mass is 9.68. The summed E-state index contributed by atoms with van der Waals surface area (Å²) in [4.78, 5) is 13.6. The molecule has 1 aliphatic carbocycles. The van der Waals surface area contributed by atoms with Gasteiger partial charge in [0, 0.05) is 20.2 Å². The fourth-order valence-electron chi connectivity index (χ4n) is 3.25. The molecule has 3 nitrogen and oxygen atoms in total. The molecule has 3 heteroatoms. The van der Waals surface area contributed by atoms with Crippen molar-refractivity contribution in [1.29, 1.82) is 0 Å². The summed E-state index contributed by atoms with van der Waals surface area (Å²) in [6.45, 7) is 2.14. The Morgan fingerprint density at radius 1 is 1.12 bits per heavy atom. The molecule has 16 heavy (non-hydrogen) atoms. The number of hydrogen-bond donors (Lipinski definition) is 0. The van der Waals surface area contributed by atoms with E-state index in [2.05, 4.69) is 0 Å². The van der Waals surface area contributed by atoms with Gasteiger partial charge < -0.3 is 9.64 Å². The summed E-state index contributed by atoms with van der Waals surface area (Å²) in [6, 6.07) is 0. The number of hydrogen-bond acceptors (Lipinski definition) is 2. The highest BCUT2D eigenvalue weighted by Crippen LogP contribution is 2.44. The van der Waals surface area contributed by atoms with E-state index in [9.17, 15) is 4.79 Å². The zero-order valence-electron chi connectivity index (χ0n) is 10.3. The molecule has 92 valence electrons. The lowest BCUT2D eigenvalue weighted by molar-refractivity contribution is -0.137. The number of carbonyl (C=O) groups excluding carboxylic acids is 1. The molecule has 0 aromatic rings. The number of likely N-dealkylation sites (tertiary alicyclic amines) is 1. The van der Waals surface area contributed by atoms with Gasteiger partial charge in [0.25, 0.3) is 0 Å². The molecule has 1 saturated heterocycles. The molecule has 1 amide bonds. The van der Waals surface area contributed by atoms with Crippen molar-refractivity contribution in [2.45, 2.75) is 44.9 Å². The Labute approximate surface area is 98.1 Å². The van der Waals surface area contributed by atoms with Crippen LogP contribution in [0.5, 0.6) is 0 Å². The maximum Gasteiger partial charge on any atom is 0.248 e. The third kappa shape index (κ3) is 2.57. The summed E-state index contributed by atoms with van der Waals surface area (Å²) in [6.07, 6.45) is 9.40. The van der Waals surface area contributed by atoms with Gasteiger partial charge in [-0.15, -0.1) is 0 Å². The highest BCUT2D eigenvalue weighted by atomic mass is 16.5. The first-order valence-electron chi connectivity index (χ1n) is 6.52. The second-order valence-electron chi connectivity index (χ2n) is 5.37. The van der Waals surface area contributed by atoms with Crippen LogP contribution in [0.15, 0.2) is 0 Å². The molecular formula is C13H23NO2. The normalized spacial score (nSPS) is 24.7. The van der Waals surface area contributed by atoms with E-state index < -0.39 is 0 Å². The van der Waals surface area contributed by atoms with Gasteiger partial charge in [0.1, 0.15) is 6.61 Å². The van der Waals surface area contributed by atoms with Gasteiger partial charge in [-0.2, -0.15) is 0 Å². The first kappa shape index (κ1) is 11.9. The van der Waals surface area contributed by atoms with Gasteiger partial charge in [0.2, 0.25) is 5.91 Å². The predicted octanol–water partition coefficient (Wildman–Crippen LogP) is 2.21. The summed E-state index contributed by atoms with van der Waals surface area (Å²) in [5.74, 6) is 0.160. The summed E-state index contributed by atoms with van der Waals surface area (Å²) in [5, 5.41) is 0. The molecule has 2 fully saturated rings. The molecule has 0 aromatic carbocycles. The third-order valence-corrected chi connectivity index (χ3v) is 4.36. The van der Waals surface area contributed by atoms with Crippen LogP contribution in [0.25, 0.3) is 0 Å². The Bertz CT molecular complexity index is 236. The van der Waals surface area contributed by atoms with Crippen molar-refractivity contribution in [3.63, 3.8) is 0 Å². The van der Waals surface area contributed by atoms with E-state index in [0.29, 0.717) is 5.41 Å². The van der Waals surface area contributed by atoms with Crippen molar-refractivity contribution < 1.29 is 9.53 Å². The van der Waals surface area contributed by atoms with E-state index in [1.54, 1.807) is 7.11 Å². The lowest BCUT2D eigenvalue weighted by Crippen LogP contribution is -2.45. The van der Waals surface area contributed by atoms with Crippen LogP contribution in [0.4, 0.5) is 0 Å². The zero-order valence-corrected chi connectivity index (χ0v) is 10.3. The molecule has 1 aliphatic heterocycles. The minimum atomic E-state index is 0.160. The number of nitrogens with zero attached hydrogens (tertiary/aromatic N) is 1. The summed E-state index contributed by atoms with van der Waals surface area (Å²) in [7, 11) is 1.59. The lowest BCUT2D eigenvalue weighted by Gasteiger charge is -2.44. The summed E-state index contributed by atoms with van der Waals surface area (Å²) >= 11 is 0. The number of rotatable bonds is 2. The number of piperidine rings is 1. The second-order valence-corrected chi connectivity index (χ2v) is 5.37. The third-order valence-electron chi connectivity index (χ3n) is 4.36. The number of ether oxygens (including phenoxy) is 1. The van der Waals surface area contributed by atoms with Crippen LogP contribution >= 0.6 is 0 Å². The van der Waals surface area contributed by atoms with E-state index in [4.69, 9.17) is 4.74 Å². The molecule has 1 spiro atoms. The minimum absolute atomic E-state index is 0.160. The Morgan fingerprint density at radius 2 is 1.75 bits per heavy atom. The fraction of sp³-hybridized carbons (Fsp3) is 0.923. The maximum absolute atomic E-state index is 11.7. The van der Waals surface area contributed by atoms with Crippen LogP contribution in [0.3, 0.4) is 0 Å². The SMILES string of the molecule is COCC(=O)N1CCC2(CCCCC2)CC1. The molecule has 1 heterocycles. The van der Waals surface area contributed by atoms with Crippen molar-refractivity contribution in [1.82, 2.24) is 4.90 Å². The molecular weight excluding hydrogens is 202 g/mol. The molecule has 0 aromatic heterocycles. The first-order valence-corrected chi connectivity index (χ1v) is 6.52. The summed E-state index contributed by atoms with van der Waals surface area (Å²) < 4.78 is 4.90. The Hall–Kier alpha value is -0.570. The van der Waals surface area contributed by atoms with E-state index in [0.717, 1.165) is 13.1 Å². The summed E-state index contributed by atoms with van der Waals surface area (Å²) in [5.41, 5.74) is 0.585. The van der Waals surface area contributed by atoms with Gasteiger partial charge >= 0.3 is 0 Å². The first-order chi connectivity index (χ1) is 7.76. The van der Waals surface area contributed by atoms with Gasteiger partial charge in [-0.25, -0.2) is 0 Å². The smallest absolute Gasteiger partial charge is 0.248 e.